The summed E-state index contributed by atoms with van der Waals surface area (Å²) in [7, 11) is 3.22. The number of aromatic nitrogens is 4. The second kappa shape index (κ2) is 9.79. The zero-order valence-corrected chi connectivity index (χ0v) is 21.3. The molecule has 0 spiro atoms. The molecule has 192 valence electrons. The smallest absolute Gasteiger partial charge is 0.248 e. The number of nitrogens with zero attached hydrogens (tertiary/aromatic N) is 4. The fourth-order valence-corrected chi connectivity index (χ4v) is 4.58. The number of primary amides is 1. The van der Waals surface area contributed by atoms with Crippen molar-refractivity contribution in [1.29, 1.82) is 0 Å². The number of hydrogen-bond acceptors (Lipinski definition) is 7. The Kier molecular flexibility index (Phi) is 6.01. The third-order valence-corrected chi connectivity index (χ3v) is 6.53. The van der Waals surface area contributed by atoms with E-state index in [9.17, 15) is 4.79 Å². The Hall–Kier alpha value is -5.44. The minimum Gasteiger partial charge on any atom is -0.497 e. The molecule has 0 aliphatic carbocycles. The molecular weight excluding hydrogens is 492 g/mol. The first kappa shape index (κ1) is 23.9. The van der Waals surface area contributed by atoms with Gasteiger partial charge in [0.05, 0.1) is 14.2 Å². The molecule has 3 N–H and O–H groups in total. The lowest BCUT2D eigenvalue weighted by Crippen LogP contribution is -2.10. The van der Waals surface area contributed by atoms with Crippen molar-refractivity contribution < 1.29 is 14.3 Å². The van der Waals surface area contributed by atoms with Gasteiger partial charge in [-0.05, 0) is 60.2 Å². The molecule has 39 heavy (non-hydrogen) atoms. The first-order valence-electron chi connectivity index (χ1n) is 12.2. The van der Waals surface area contributed by atoms with E-state index in [1.54, 1.807) is 36.9 Å². The van der Waals surface area contributed by atoms with E-state index in [-0.39, 0.29) is 0 Å². The van der Waals surface area contributed by atoms with E-state index in [1.807, 2.05) is 72.8 Å². The summed E-state index contributed by atoms with van der Waals surface area (Å²) in [6, 6.07) is 28.5. The van der Waals surface area contributed by atoms with Crippen molar-refractivity contribution in [3.8, 4) is 34.0 Å². The molecule has 0 aliphatic heterocycles. The van der Waals surface area contributed by atoms with Gasteiger partial charge in [-0.1, -0.05) is 36.4 Å². The molecule has 0 aliphatic rings. The number of methoxy groups -OCH3 is 2. The molecule has 0 fully saturated rings. The van der Waals surface area contributed by atoms with Crippen LogP contribution in [-0.2, 0) is 0 Å². The zero-order chi connectivity index (χ0) is 26.9. The molecule has 2 aromatic heterocycles. The number of amides is 1. The van der Waals surface area contributed by atoms with Gasteiger partial charge in [-0.3, -0.25) is 4.79 Å². The lowest BCUT2D eigenvalue weighted by Gasteiger charge is -2.13. The number of rotatable bonds is 7. The molecule has 0 unspecified atom stereocenters. The second-order valence-corrected chi connectivity index (χ2v) is 8.87. The molecule has 9 nitrogen and oxygen atoms in total. The number of carbonyl (C=O) groups excluding carboxylic acids is 1. The summed E-state index contributed by atoms with van der Waals surface area (Å²) in [6.45, 7) is 0. The van der Waals surface area contributed by atoms with Gasteiger partial charge in [-0.15, -0.1) is 15.3 Å². The number of anilines is 2. The van der Waals surface area contributed by atoms with Crippen molar-refractivity contribution in [3.05, 3.63) is 96.6 Å². The van der Waals surface area contributed by atoms with Crippen LogP contribution in [-0.4, -0.2) is 39.9 Å². The van der Waals surface area contributed by atoms with Crippen LogP contribution in [0.25, 0.3) is 38.9 Å². The normalized spacial score (nSPS) is 11.0. The summed E-state index contributed by atoms with van der Waals surface area (Å²) in [6.07, 6.45) is 0. The molecular formula is C30H24N6O3. The maximum atomic E-state index is 11.8. The topological polar surface area (TPSA) is 117 Å². The van der Waals surface area contributed by atoms with E-state index in [2.05, 4.69) is 15.5 Å². The lowest BCUT2D eigenvalue weighted by atomic mass is 10.0. The molecule has 0 radical (unpaired) electrons. The number of nitrogens with one attached hydrogen (secondary N) is 1. The standard InChI is InChI=1S/C30H24N6O3/c1-38-22-13-10-18(11-14-22)29-33-34-30-24-9-4-3-8-23(24)28(35-36(29)30)32-21-7-5-6-19(16-21)25-17-20(27(31)37)12-15-26(25)39-2/h3-17H,1-2H3,(H2,31,37)(H,32,35). The summed E-state index contributed by atoms with van der Waals surface area (Å²) in [5.74, 6) is 2.15. The van der Waals surface area contributed by atoms with Crippen LogP contribution in [0.2, 0.25) is 0 Å². The number of nitrogens with two attached hydrogens (primary N) is 1. The van der Waals surface area contributed by atoms with Crippen molar-refractivity contribution in [3.63, 3.8) is 0 Å². The van der Waals surface area contributed by atoms with Crippen LogP contribution in [0.4, 0.5) is 11.5 Å². The lowest BCUT2D eigenvalue weighted by molar-refractivity contribution is 0.100. The van der Waals surface area contributed by atoms with Crippen molar-refractivity contribution in [2.45, 2.75) is 0 Å². The zero-order valence-electron chi connectivity index (χ0n) is 21.3. The Morgan fingerprint density at radius 3 is 2.36 bits per heavy atom. The van der Waals surface area contributed by atoms with Gasteiger partial charge in [0.15, 0.2) is 17.3 Å². The number of ether oxygens (including phenoxy) is 2. The third kappa shape index (κ3) is 4.36. The average Bonchev–Trinajstić information content (AvgIpc) is 3.41. The largest absolute Gasteiger partial charge is 0.497 e. The molecule has 0 bridgehead atoms. The SMILES string of the molecule is COc1ccc(-c2nnc3c4ccccc4c(Nc4cccc(-c5cc(C(N)=O)ccc5OC)c4)nn23)cc1. The minimum absolute atomic E-state index is 0.404. The highest BCUT2D eigenvalue weighted by Crippen LogP contribution is 2.34. The van der Waals surface area contributed by atoms with Gasteiger partial charge in [0.25, 0.3) is 0 Å². The van der Waals surface area contributed by atoms with Gasteiger partial charge in [0, 0.05) is 33.2 Å². The van der Waals surface area contributed by atoms with Crippen molar-refractivity contribution >= 4 is 33.8 Å². The van der Waals surface area contributed by atoms with E-state index in [4.69, 9.17) is 20.3 Å². The van der Waals surface area contributed by atoms with E-state index in [0.717, 1.165) is 38.9 Å². The molecule has 0 atom stereocenters. The Morgan fingerprint density at radius 2 is 1.62 bits per heavy atom. The van der Waals surface area contributed by atoms with Crippen molar-refractivity contribution in [2.75, 3.05) is 19.5 Å². The van der Waals surface area contributed by atoms with Gasteiger partial charge < -0.3 is 20.5 Å². The van der Waals surface area contributed by atoms with Crippen LogP contribution in [0, 0.1) is 0 Å². The van der Waals surface area contributed by atoms with Gasteiger partial charge in [-0.25, -0.2) is 0 Å². The third-order valence-electron chi connectivity index (χ3n) is 6.53. The summed E-state index contributed by atoms with van der Waals surface area (Å²) in [5.41, 5.74) is 9.86. The second-order valence-electron chi connectivity index (χ2n) is 8.87. The predicted molar refractivity (Wildman–Crippen MR) is 151 cm³/mol. The molecule has 6 aromatic rings. The monoisotopic (exact) mass is 516 g/mol. The highest BCUT2D eigenvalue weighted by molar-refractivity contribution is 6.01. The van der Waals surface area contributed by atoms with Crippen molar-refractivity contribution in [1.82, 2.24) is 19.8 Å². The van der Waals surface area contributed by atoms with Crippen LogP contribution in [0.1, 0.15) is 10.4 Å². The first-order valence-corrected chi connectivity index (χ1v) is 12.2. The molecule has 0 saturated heterocycles. The van der Waals surface area contributed by atoms with Crippen LogP contribution < -0.4 is 20.5 Å². The van der Waals surface area contributed by atoms with Crippen LogP contribution >= 0.6 is 0 Å². The Balaban J connectivity index is 1.46. The molecule has 2 heterocycles. The molecule has 9 heteroatoms. The summed E-state index contributed by atoms with van der Waals surface area (Å²) in [5, 5.41) is 19.1. The van der Waals surface area contributed by atoms with Crippen LogP contribution in [0.5, 0.6) is 11.5 Å². The highest BCUT2D eigenvalue weighted by Gasteiger charge is 2.16. The summed E-state index contributed by atoms with van der Waals surface area (Å²) in [4.78, 5) is 11.8. The van der Waals surface area contributed by atoms with E-state index >= 15 is 0 Å². The molecule has 1 amide bonds. The summed E-state index contributed by atoms with van der Waals surface area (Å²) >= 11 is 0. The maximum Gasteiger partial charge on any atom is 0.248 e. The van der Waals surface area contributed by atoms with Gasteiger partial charge in [-0.2, -0.15) is 4.52 Å². The van der Waals surface area contributed by atoms with Crippen LogP contribution in [0.15, 0.2) is 91.0 Å². The average molecular weight is 517 g/mol. The molecule has 0 saturated carbocycles. The fourth-order valence-electron chi connectivity index (χ4n) is 4.58. The number of benzene rings is 4. The number of fused-ring (bicyclic) bond motifs is 3. The molecule has 6 rings (SSSR count). The van der Waals surface area contributed by atoms with E-state index in [0.29, 0.717) is 28.6 Å². The highest BCUT2D eigenvalue weighted by atomic mass is 16.5. The van der Waals surface area contributed by atoms with Crippen molar-refractivity contribution in [2.24, 2.45) is 5.73 Å². The predicted octanol–water partition coefficient (Wildman–Crippen LogP) is 5.47. The Morgan fingerprint density at radius 1 is 0.821 bits per heavy atom. The first-order chi connectivity index (χ1) is 19.1. The number of carbonyl (C=O) groups is 1. The fraction of sp³-hybridized carbons (Fsp3) is 0.0667. The molecule has 4 aromatic carbocycles. The Labute approximate surface area is 223 Å². The Bertz CT molecular complexity index is 1850. The van der Waals surface area contributed by atoms with E-state index < -0.39 is 5.91 Å². The number of hydrogen-bond donors (Lipinski definition) is 2. The van der Waals surface area contributed by atoms with Crippen LogP contribution in [0.3, 0.4) is 0 Å². The van der Waals surface area contributed by atoms with E-state index in [1.165, 1.54) is 0 Å². The summed E-state index contributed by atoms with van der Waals surface area (Å²) < 4.78 is 12.6. The maximum absolute atomic E-state index is 11.8. The quantitative estimate of drug-likeness (QED) is 0.289. The van der Waals surface area contributed by atoms with Gasteiger partial charge >= 0.3 is 0 Å². The van der Waals surface area contributed by atoms with Gasteiger partial charge in [0.2, 0.25) is 5.91 Å². The van der Waals surface area contributed by atoms with Gasteiger partial charge in [0.1, 0.15) is 11.5 Å². The minimum atomic E-state index is -0.501.